The Hall–Kier alpha value is -3.48. The second-order valence-corrected chi connectivity index (χ2v) is 7.68. The Labute approximate surface area is 174 Å². The van der Waals surface area contributed by atoms with Crippen LogP contribution < -0.4 is 10.9 Å². The fourth-order valence-electron chi connectivity index (χ4n) is 3.01. The molecule has 0 saturated heterocycles. The van der Waals surface area contributed by atoms with E-state index in [4.69, 9.17) is 4.74 Å². The summed E-state index contributed by atoms with van der Waals surface area (Å²) in [5, 5.41) is 7.75. The first kappa shape index (κ1) is 21.2. The van der Waals surface area contributed by atoms with Crippen LogP contribution in [0.15, 0.2) is 53.3 Å². The van der Waals surface area contributed by atoms with E-state index < -0.39 is 18.0 Å². The largest absolute Gasteiger partial charge is 0.448 e. The molecule has 7 nitrogen and oxygen atoms in total. The van der Waals surface area contributed by atoms with Gasteiger partial charge in [-0.25, -0.2) is 9.48 Å². The summed E-state index contributed by atoms with van der Waals surface area (Å²) >= 11 is 0. The predicted molar refractivity (Wildman–Crippen MR) is 116 cm³/mol. The van der Waals surface area contributed by atoms with E-state index in [1.807, 2.05) is 32.9 Å². The van der Waals surface area contributed by atoms with Gasteiger partial charge in [0.25, 0.3) is 11.5 Å². The maximum Gasteiger partial charge on any atom is 0.360 e. The molecule has 1 N–H and O–H groups in total. The van der Waals surface area contributed by atoms with Crippen LogP contribution in [0.3, 0.4) is 0 Å². The first-order valence-electron chi connectivity index (χ1n) is 9.84. The molecule has 0 aliphatic heterocycles. The third-order valence-electron chi connectivity index (χ3n) is 4.57. The number of hydrogen-bond acceptors (Lipinski definition) is 5. The number of nitrogens with one attached hydrogen (secondary N) is 1. The average molecular weight is 407 g/mol. The number of amides is 1. The van der Waals surface area contributed by atoms with Gasteiger partial charge in [0, 0.05) is 17.6 Å². The number of carbonyl (C=O) groups excluding carboxylic acids is 2. The molecule has 30 heavy (non-hydrogen) atoms. The van der Waals surface area contributed by atoms with Crippen LogP contribution in [0.4, 0.5) is 5.69 Å². The van der Waals surface area contributed by atoms with Crippen molar-refractivity contribution in [1.29, 1.82) is 0 Å². The third kappa shape index (κ3) is 4.74. The summed E-state index contributed by atoms with van der Waals surface area (Å²) in [6.45, 7) is 7.73. The van der Waals surface area contributed by atoms with Gasteiger partial charge in [0.15, 0.2) is 11.8 Å². The van der Waals surface area contributed by atoms with Gasteiger partial charge < -0.3 is 10.1 Å². The van der Waals surface area contributed by atoms with E-state index in [0.717, 1.165) is 5.56 Å². The van der Waals surface area contributed by atoms with Gasteiger partial charge in [-0.15, -0.1) is 0 Å². The van der Waals surface area contributed by atoms with Crippen molar-refractivity contribution < 1.29 is 14.3 Å². The molecular formula is C23H25N3O4. The summed E-state index contributed by atoms with van der Waals surface area (Å²) in [5.74, 6) is -1.04. The van der Waals surface area contributed by atoms with E-state index in [-0.39, 0.29) is 17.2 Å². The van der Waals surface area contributed by atoms with Gasteiger partial charge in [-0.2, -0.15) is 5.10 Å². The van der Waals surface area contributed by atoms with Crippen molar-refractivity contribution >= 4 is 28.3 Å². The van der Waals surface area contributed by atoms with Crippen molar-refractivity contribution in [2.45, 2.75) is 40.3 Å². The molecule has 0 spiro atoms. The maximum atomic E-state index is 12.8. The fraction of sp³-hybridized carbons (Fsp3) is 0.304. The van der Waals surface area contributed by atoms with Crippen LogP contribution in [-0.2, 0) is 16.1 Å². The Morgan fingerprint density at radius 1 is 1.03 bits per heavy atom. The molecule has 3 aromatic rings. The lowest BCUT2D eigenvalue weighted by Gasteiger charge is -2.15. The maximum absolute atomic E-state index is 12.8. The van der Waals surface area contributed by atoms with Crippen LogP contribution in [0.2, 0.25) is 0 Å². The summed E-state index contributed by atoms with van der Waals surface area (Å²) in [4.78, 5) is 38.0. The van der Waals surface area contributed by atoms with Gasteiger partial charge in [0.2, 0.25) is 0 Å². The van der Waals surface area contributed by atoms with Crippen molar-refractivity contribution in [2.24, 2.45) is 5.92 Å². The quantitative estimate of drug-likeness (QED) is 0.631. The molecule has 3 rings (SSSR count). The van der Waals surface area contributed by atoms with Crippen LogP contribution in [0, 0.1) is 12.8 Å². The monoisotopic (exact) mass is 407 g/mol. The number of aryl methyl sites for hydroxylation is 1. The highest BCUT2D eigenvalue weighted by Gasteiger charge is 2.23. The lowest BCUT2D eigenvalue weighted by atomic mass is 10.1. The summed E-state index contributed by atoms with van der Waals surface area (Å²) in [7, 11) is 0. The van der Waals surface area contributed by atoms with E-state index in [0.29, 0.717) is 23.0 Å². The zero-order valence-corrected chi connectivity index (χ0v) is 17.5. The Kier molecular flexibility index (Phi) is 6.30. The Bertz CT molecular complexity index is 1130. The SMILES string of the molecule is Cc1ccc(NC(=O)[C@@H](C)OC(=O)c2nn(CC(C)C)c(=O)c3ccccc23)cc1. The number of benzene rings is 2. The number of esters is 1. The summed E-state index contributed by atoms with van der Waals surface area (Å²) in [5.41, 5.74) is 1.44. The van der Waals surface area contributed by atoms with Crippen molar-refractivity contribution in [3.05, 3.63) is 70.1 Å². The van der Waals surface area contributed by atoms with Gasteiger partial charge in [-0.05, 0) is 38.0 Å². The van der Waals surface area contributed by atoms with Gasteiger partial charge >= 0.3 is 5.97 Å². The predicted octanol–water partition coefficient (Wildman–Crippen LogP) is 3.54. The number of carbonyl (C=O) groups is 2. The molecule has 1 heterocycles. The molecular weight excluding hydrogens is 382 g/mol. The Morgan fingerprint density at radius 2 is 1.67 bits per heavy atom. The lowest BCUT2D eigenvalue weighted by Crippen LogP contribution is -2.32. The van der Waals surface area contributed by atoms with Crippen LogP contribution in [0.25, 0.3) is 10.8 Å². The lowest BCUT2D eigenvalue weighted by molar-refractivity contribution is -0.123. The second kappa shape index (κ2) is 8.90. The van der Waals surface area contributed by atoms with Crippen LogP contribution in [0.5, 0.6) is 0 Å². The van der Waals surface area contributed by atoms with Crippen molar-refractivity contribution in [3.8, 4) is 0 Å². The topological polar surface area (TPSA) is 90.3 Å². The minimum Gasteiger partial charge on any atom is -0.448 e. The molecule has 0 bridgehead atoms. The number of hydrogen-bond donors (Lipinski definition) is 1. The molecule has 7 heteroatoms. The Balaban J connectivity index is 1.85. The molecule has 0 fully saturated rings. The number of nitrogens with zero attached hydrogens (tertiary/aromatic N) is 2. The molecule has 0 unspecified atom stereocenters. The number of rotatable bonds is 6. The normalized spacial score (nSPS) is 12.0. The summed E-state index contributed by atoms with van der Waals surface area (Å²) in [6.07, 6.45) is -1.04. The smallest absolute Gasteiger partial charge is 0.360 e. The van der Waals surface area contributed by atoms with Gasteiger partial charge in [0.1, 0.15) is 0 Å². The minimum atomic E-state index is -1.04. The standard InChI is InChI=1S/C23H25N3O4/c1-14(2)13-26-22(28)19-8-6-5-7-18(19)20(25-26)23(29)30-16(4)21(27)24-17-11-9-15(3)10-12-17/h5-12,14,16H,13H2,1-4H3,(H,24,27)/t16-/m1/s1. The first-order chi connectivity index (χ1) is 14.3. The molecule has 1 aromatic heterocycles. The van der Waals surface area contributed by atoms with E-state index in [1.165, 1.54) is 11.6 Å². The molecule has 0 aliphatic rings. The highest BCUT2D eigenvalue weighted by atomic mass is 16.5. The summed E-state index contributed by atoms with van der Waals surface area (Å²) < 4.78 is 6.65. The van der Waals surface area contributed by atoms with Gasteiger partial charge in [-0.1, -0.05) is 49.7 Å². The first-order valence-corrected chi connectivity index (χ1v) is 9.84. The van der Waals surface area contributed by atoms with E-state index in [1.54, 1.807) is 36.4 Å². The van der Waals surface area contributed by atoms with Crippen molar-refractivity contribution in [3.63, 3.8) is 0 Å². The molecule has 1 amide bonds. The minimum absolute atomic E-state index is 0.0147. The van der Waals surface area contributed by atoms with E-state index in [9.17, 15) is 14.4 Å². The molecule has 0 aliphatic carbocycles. The molecule has 156 valence electrons. The second-order valence-electron chi connectivity index (χ2n) is 7.68. The highest BCUT2D eigenvalue weighted by Crippen LogP contribution is 2.16. The highest BCUT2D eigenvalue weighted by molar-refractivity contribution is 6.03. The third-order valence-corrected chi connectivity index (χ3v) is 4.57. The van der Waals surface area contributed by atoms with Gasteiger partial charge in [-0.3, -0.25) is 9.59 Å². The van der Waals surface area contributed by atoms with Crippen LogP contribution >= 0.6 is 0 Å². The van der Waals surface area contributed by atoms with E-state index in [2.05, 4.69) is 10.4 Å². The zero-order valence-electron chi connectivity index (χ0n) is 17.5. The van der Waals surface area contributed by atoms with Crippen molar-refractivity contribution in [2.75, 3.05) is 5.32 Å². The Morgan fingerprint density at radius 3 is 2.30 bits per heavy atom. The fourth-order valence-corrected chi connectivity index (χ4v) is 3.01. The molecule has 1 atom stereocenters. The van der Waals surface area contributed by atoms with Crippen LogP contribution in [-0.4, -0.2) is 27.8 Å². The number of fused-ring (bicyclic) bond motifs is 1. The number of ether oxygens (including phenoxy) is 1. The molecule has 2 aromatic carbocycles. The van der Waals surface area contributed by atoms with E-state index >= 15 is 0 Å². The molecule has 0 radical (unpaired) electrons. The van der Waals surface area contributed by atoms with Crippen LogP contribution in [0.1, 0.15) is 36.8 Å². The summed E-state index contributed by atoms with van der Waals surface area (Å²) in [6, 6.07) is 14.1. The van der Waals surface area contributed by atoms with Crippen molar-refractivity contribution in [1.82, 2.24) is 9.78 Å². The van der Waals surface area contributed by atoms with Gasteiger partial charge in [0.05, 0.1) is 5.39 Å². The average Bonchev–Trinajstić information content (AvgIpc) is 2.71. The number of anilines is 1. The number of aromatic nitrogens is 2. The zero-order chi connectivity index (χ0) is 21.8. The molecule has 0 saturated carbocycles.